The molecule has 0 aliphatic carbocycles. The van der Waals surface area contributed by atoms with Crippen LogP contribution in [0.5, 0.6) is 0 Å². The van der Waals surface area contributed by atoms with Crippen LogP contribution in [-0.4, -0.2) is 48.9 Å². The van der Waals surface area contributed by atoms with Crippen molar-refractivity contribution >= 4 is 5.91 Å². The SMILES string of the molecule is CN1CCN(CCCCC(=O)NN)C(c2ccccc2)C1. The van der Waals surface area contributed by atoms with Crippen molar-refractivity contribution in [3.8, 4) is 0 Å². The molecule has 5 nitrogen and oxygen atoms in total. The Kier molecular flexibility index (Phi) is 6.17. The normalized spacial score (nSPS) is 20.4. The molecule has 1 unspecified atom stereocenters. The highest BCUT2D eigenvalue weighted by Crippen LogP contribution is 2.25. The first kappa shape index (κ1) is 15.9. The van der Waals surface area contributed by atoms with Gasteiger partial charge in [-0.25, -0.2) is 5.84 Å². The van der Waals surface area contributed by atoms with Gasteiger partial charge in [0.05, 0.1) is 0 Å². The lowest BCUT2D eigenvalue weighted by atomic mass is 10.0. The van der Waals surface area contributed by atoms with Crippen LogP contribution in [0.15, 0.2) is 30.3 Å². The highest BCUT2D eigenvalue weighted by Gasteiger charge is 2.25. The number of rotatable bonds is 6. The minimum atomic E-state index is -0.0759. The van der Waals surface area contributed by atoms with Crippen molar-refractivity contribution in [2.45, 2.75) is 25.3 Å². The van der Waals surface area contributed by atoms with Crippen molar-refractivity contribution < 1.29 is 4.79 Å². The fourth-order valence-corrected chi connectivity index (χ4v) is 2.89. The van der Waals surface area contributed by atoms with Gasteiger partial charge < -0.3 is 4.90 Å². The highest BCUT2D eigenvalue weighted by atomic mass is 16.2. The van der Waals surface area contributed by atoms with Crippen LogP contribution in [0.2, 0.25) is 0 Å². The van der Waals surface area contributed by atoms with E-state index in [1.807, 2.05) is 0 Å². The summed E-state index contributed by atoms with van der Waals surface area (Å²) in [4.78, 5) is 16.1. The van der Waals surface area contributed by atoms with Crippen molar-refractivity contribution in [3.63, 3.8) is 0 Å². The summed E-state index contributed by atoms with van der Waals surface area (Å²) in [6, 6.07) is 11.1. The molecule has 3 N–H and O–H groups in total. The number of likely N-dealkylation sites (N-methyl/N-ethyl adjacent to an activating group) is 1. The number of carbonyl (C=O) groups excluding carboxylic acids is 1. The molecule has 1 aromatic rings. The Balaban J connectivity index is 1.88. The monoisotopic (exact) mass is 290 g/mol. The molecule has 1 aromatic carbocycles. The zero-order chi connectivity index (χ0) is 15.1. The van der Waals surface area contributed by atoms with Crippen molar-refractivity contribution in [3.05, 3.63) is 35.9 Å². The molecule has 0 saturated carbocycles. The van der Waals surface area contributed by atoms with Gasteiger partial charge in [-0.3, -0.25) is 15.1 Å². The van der Waals surface area contributed by atoms with Crippen LogP contribution in [0.3, 0.4) is 0 Å². The minimum Gasteiger partial charge on any atom is -0.303 e. The number of benzene rings is 1. The van der Waals surface area contributed by atoms with Crippen LogP contribution in [0.1, 0.15) is 30.9 Å². The second-order valence-corrected chi connectivity index (χ2v) is 5.75. The molecule has 0 radical (unpaired) electrons. The zero-order valence-electron chi connectivity index (χ0n) is 12.8. The van der Waals surface area contributed by atoms with E-state index in [-0.39, 0.29) is 5.91 Å². The quantitative estimate of drug-likeness (QED) is 0.357. The third-order valence-electron chi connectivity index (χ3n) is 4.14. The van der Waals surface area contributed by atoms with E-state index in [9.17, 15) is 4.79 Å². The summed E-state index contributed by atoms with van der Waals surface area (Å²) in [6.07, 6.45) is 2.43. The smallest absolute Gasteiger partial charge is 0.233 e. The van der Waals surface area contributed by atoms with Gasteiger partial charge in [0, 0.05) is 32.1 Å². The van der Waals surface area contributed by atoms with Crippen LogP contribution >= 0.6 is 0 Å². The molecule has 0 bridgehead atoms. The number of nitrogens with two attached hydrogens (primary N) is 1. The van der Waals surface area contributed by atoms with Crippen molar-refractivity contribution in [2.24, 2.45) is 5.84 Å². The standard InChI is InChI=1S/C16H26N4O/c1-19-11-12-20(10-6-5-9-16(21)18-17)15(13-19)14-7-3-2-4-8-14/h2-4,7-8,15H,5-6,9-13,17H2,1H3,(H,18,21). The van der Waals surface area contributed by atoms with Crippen molar-refractivity contribution in [1.29, 1.82) is 0 Å². The second-order valence-electron chi connectivity index (χ2n) is 5.75. The Morgan fingerprint density at radius 2 is 2.05 bits per heavy atom. The second kappa shape index (κ2) is 8.12. The van der Waals surface area contributed by atoms with Crippen LogP contribution in [0, 0.1) is 0 Å². The molecule has 1 amide bonds. The Labute approximate surface area is 127 Å². The number of hydrogen-bond acceptors (Lipinski definition) is 4. The van der Waals surface area contributed by atoms with E-state index < -0.39 is 0 Å². The van der Waals surface area contributed by atoms with E-state index in [2.05, 4.69) is 52.6 Å². The highest BCUT2D eigenvalue weighted by molar-refractivity contribution is 5.75. The van der Waals surface area contributed by atoms with Crippen molar-refractivity contribution in [1.82, 2.24) is 15.2 Å². The first-order valence-electron chi connectivity index (χ1n) is 7.67. The summed E-state index contributed by atoms with van der Waals surface area (Å²) < 4.78 is 0. The minimum absolute atomic E-state index is 0.0759. The number of carbonyl (C=O) groups is 1. The number of hydrazine groups is 1. The molecular weight excluding hydrogens is 264 g/mol. The third kappa shape index (κ3) is 4.81. The fraction of sp³-hybridized carbons (Fsp3) is 0.562. The number of piperazine rings is 1. The summed E-state index contributed by atoms with van der Waals surface area (Å²) in [5.74, 6) is 5.02. The predicted octanol–water partition coefficient (Wildman–Crippen LogP) is 1.14. The molecule has 1 fully saturated rings. The number of amides is 1. The zero-order valence-corrected chi connectivity index (χ0v) is 12.8. The predicted molar refractivity (Wildman–Crippen MR) is 84.4 cm³/mol. The first-order valence-corrected chi connectivity index (χ1v) is 7.67. The van der Waals surface area contributed by atoms with Gasteiger partial charge in [0.1, 0.15) is 0 Å². The Morgan fingerprint density at radius 3 is 2.76 bits per heavy atom. The molecule has 1 saturated heterocycles. The third-order valence-corrected chi connectivity index (χ3v) is 4.14. The van der Waals surface area contributed by atoms with Gasteiger partial charge in [-0.2, -0.15) is 0 Å². The van der Waals surface area contributed by atoms with Crippen LogP contribution in [0.25, 0.3) is 0 Å². The van der Waals surface area contributed by atoms with E-state index in [0.29, 0.717) is 12.5 Å². The lowest BCUT2D eigenvalue weighted by Gasteiger charge is -2.40. The van der Waals surface area contributed by atoms with Gasteiger partial charge in [0.25, 0.3) is 0 Å². The van der Waals surface area contributed by atoms with Crippen LogP contribution < -0.4 is 11.3 Å². The molecule has 1 heterocycles. The summed E-state index contributed by atoms with van der Waals surface area (Å²) in [6.45, 7) is 4.28. The summed E-state index contributed by atoms with van der Waals surface area (Å²) in [5, 5.41) is 0. The maximum Gasteiger partial charge on any atom is 0.233 e. The lowest BCUT2D eigenvalue weighted by Crippen LogP contribution is -2.47. The molecule has 1 aliphatic heterocycles. The van der Waals surface area contributed by atoms with E-state index in [1.165, 1.54) is 5.56 Å². The summed E-state index contributed by atoms with van der Waals surface area (Å²) in [7, 11) is 2.18. The van der Waals surface area contributed by atoms with Gasteiger partial charge >= 0.3 is 0 Å². The number of unbranched alkanes of at least 4 members (excludes halogenated alkanes) is 1. The molecule has 1 atom stereocenters. The van der Waals surface area contributed by atoms with Crippen molar-refractivity contribution in [2.75, 3.05) is 33.2 Å². The van der Waals surface area contributed by atoms with Gasteiger partial charge in [0.2, 0.25) is 5.91 Å². The van der Waals surface area contributed by atoms with E-state index >= 15 is 0 Å². The van der Waals surface area contributed by atoms with Gasteiger partial charge in [-0.05, 0) is 32.0 Å². The average molecular weight is 290 g/mol. The molecule has 1 aliphatic rings. The largest absolute Gasteiger partial charge is 0.303 e. The van der Waals surface area contributed by atoms with Gasteiger partial charge in [-0.1, -0.05) is 30.3 Å². The van der Waals surface area contributed by atoms with Crippen LogP contribution in [-0.2, 0) is 4.79 Å². The molecule has 21 heavy (non-hydrogen) atoms. The topological polar surface area (TPSA) is 61.6 Å². The molecule has 0 aromatic heterocycles. The maximum atomic E-state index is 11.1. The number of hydrogen-bond donors (Lipinski definition) is 2. The Hall–Kier alpha value is -1.43. The first-order chi connectivity index (χ1) is 10.2. The lowest BCUT2D eigenvalue weighted by molar-refractivity contribution is -0.121. The number of nitrogens with one attached hydrogen (secondary N) is 1. The number of nitrogens with zero attached hydrogens (tertiary/aromatic N) is 2. The summed E-state index contributed by atoms with van der Waals surface area (Å²) >= 11 is 0. The Bertz CT molecular complexity index is 437. The van der Waals surface area contributed by atoms with E-state index in [4.69, 9.17) is 5.84 Å². The average Bonchev–Trinajstić information content (AvgIpc) is 2.53. The maximum absolute atomic E-state index is 11.1. The molecule has 116 valence electrons. The van der Waals surface area contributed by atoms with Gasteiger partial charge in [0.15, 0.2) is 0 Å². The fourth-order valence-electron chi connectivity index (χ4n) is 2.89. The van der Waals surface area contributed by atoms with E-state index in [1.54, 1.807) is 0 Å². The van der Waals surface area contributed by atoms with Gasteiger partial charge in [-0.15, -0.1) is 0 Å². The van der Waals surface area contributed by atoms with E-state index in [0.717, 1.165) is 39.0 Å². The molecule has 2 rings (SSSR count). The Morgan fingerprint density at radius 1 is 1.29 bits per heavy atom. The summed E-state index contributed by atoms with van der Waals surface area (Å²) in [5.41, 5.74) is 3.56. The molecule has 5 heteroatoms. The molecular formula is C16H26N4O. The van der Waals surface area contributed by atoms with Crippen LogP contribution in [0.4, 0.5) is 0 Å². The molecule has 0 spiro atoms.